The molecule has 0 aliphatic carbocycles. The van der Waals surface area contributed by atoms with Crippen molar-refractivity contribution in [3.05, 3.63) is 35.1 Å². The first-order valence-corrected chi connectivity index (χ1v) is 5.91. The van der Waals surface area contributed by atoms with Crippen molar-refractivity contribution in [3.8, 4) is 0 Å². The van der Waals surface area contributed by atoms with Crippen LogP contribution in [0.1, 0.15) is 44.2 Å². The van der Waals surface area contributed by atoms with E-state index in [1.54, 1.807) is 6.07 Å². The molecule has 0 saturated heterocycles. The second-order valence-electron chi connectivity index (χ2n) is 4.78. The predicted octanol–water partition coefficient (Wildman–Crippen LogP) is 3.57. The first-order chi connectivity index (χ1) is 7.53. The van der Waals surface area contributed by atoms with Gasteiger partial charge < -0.3 is 5.11 Å². The van der Waals surface area contributed by atoms with Crippen LogP contribution in [0.2, 0.25) is 0 Å². The largest absolute Gasteiger partial charge is 0.395 e. The zero-order valence-corrected chi connectivity index (χ0v) is 10.4. The standard InChI is InChI=1S/C14H21FO/c1-4-5-8-14(3,10-16)13-7-6-12(15)9-11(13)2/h6-7,9,16H,4-5,8,10H2,1-3H3/t14-/m0/s1. The predicted molar refractivity (Wildman–Crippen MR) is 65.1 cm³/mol. The molecule has 1 atom stereocenters. The number of unbranched alkanes of at least 4 members (excludes halogenated alkanes) is 1. The Bertz CT molecular complexity index is 349. The number of aryl methyl sites for hydroxylation is 1. The smallest absolute Gasteiger partial charge is 0.123 e. The van der Waals surface area contributed by atoms with Crippen LogP contribution >= 0.6 is 0 Å². The van der Waals surface area contributed by atoms with Gasteiger partial charge in [0.25, 0.3) is 0 Å². The summed E-state index contributed by atoms with van der Waals surface area (Å²) in [6, 6.07) is 4.81. The van der Waals surface area contributed by atoms with Gasteiger partial charge in [-0.2, -0.15) is 0 Å². The molecule has 1 nitrogen and oxygen atoms in total. The Morgan fingerprint density at radius 1 is 1.38 bits per heavy atom. The zero-order chi connectivity index (χ0) is 12.2. The molecule has 0 aliphatic heterocycles. The van der Waals surface area contributed by atoms with Crippen LogP contribution in [0.5, 0.6) is 0 Å². The molecule has 0 amide bonds. The topological polar surface area (TPSA) is 20.2 Å². The van der Waals surface area contributed by atoms with E-state index in [1.807, 2.05) is 13.8 Å². The Morgan fingerprint density at radius 2 is 2.06 bits per heavy atom. The normalized spacial score (nSPS) is 14.8. The number of aliphatic hydroxyl groups is 1. The first-order valence-electron chi connectivity index (χ1n) is 5.91. The van der Waals surface area contributed by atoms with E-state index >= 15 is 0 Å². The van der Waals surface area contributed by atoms with E-state index in [2.05, 4.69) is 6.92 Å². The molecule has 0 aromatic heterocycles. The summed E-state index contributed by atoms with van der Waals surface area (Å²) in [5, 5.41) is 9.57. The van der Waals surface area contributed by atoms with Crippen LogP contribution in [-0.4, -0.2) is 11.7 Å². The summed E-state index contributed by atoms with van der Waals surface area (Å²) in [6.45, 7) is 6.19. The van der Waals surface area contributed by atoms with Crippen LogP contribution < -0.4 is 0 Å². The van der Waals surface area contributed by atoms with E-state index < -0.39 is 0 Å². The van der Waals surface area contributed by atoms with Gasteiger partial charge in [-0.05, 0) is 36.6 Å². The lowest BCUT2D eigenvalue weighted by Crippen LogP contribution is -2.27. The fourth-order valence-electron chi connectivity index (χ4n) is 2.17. The molecule has 1 rings (SSSR count). The molecule has 1 N–H and O–H groups in total. The van der Waals surface area contributed by atoms with Crippen LogP contribution in [-0.2, 0) is 5.41 Å². The highest BCUT2D eigenvalue weighted by molar-refractivity contribution is 5.33. The van der Waals surface area contributed by atoms with Crippen molar-refractivity contribution in [3.63, 3.8) is 0 Å². The fourth-order valence-corrected chi connectivity index (χ4v) is 2.17. The maximum Gasteiger partial charge on any atom is 0.123 e. The van der Waals surface area contributed by atoms with E-state index in [9.17, 15) is 9.50 Å². The summed E-state index contributed by atoms with van der Waals surface area (Å²) in [6.07, 6.45) is 3.12. The van der Waals surface area contributed by atoms with E-state index in [4.69, 9.17) is 0 Å². The highest BCUT2D eigenvalue weighted by atomic mass is 19.1. The first kappa shape index (κ1) is 13.2. The Labute approximate surface area is 97.3 Å². The third kappa shape index (κ3) is 2.82. The average Bonchev–Trinajstić information content (AvgIpc) is 2.26. The Kier molecular flexibility index (Phi) is 4.48. The van der Waals surface area contributed by atoms with Gasteiger partial charge in [0, 0.05) is 5.41 Å². The van der Waals surface area contributed by atoms with Gasteiger partial charge in [0.05, 0.1) is 6.61 Å². The summed E-state index contributed by atoms with van der Waals surface area (Å²) >= 11 is 0. The van der Waals surface area contributed by atoms with Crippen LogP contribution in [0.3, 0.4) is 0 Å². The lowest BCUT2D eigenvalue weighted by molar-refractivity contribution is 0.193. The van der Waals surface area contributed by atoms with Gasteiger partial charge in [0.2, 0.25) is 0 Å². The molecule has 0 bridgehead atoms. The van der Waals surface area contributed by atoms with E-state index in [0.717, 1.165) is 30.4 Å². The quantitative estimate of drug-likeness (QED) is 0.810. The Balaban J connectivity index is 3.02. The van der Waals surface area contributed by atoms with Crippen molar-refractivity contribution in [1.29, 1.82) is 0 Å². The van der Waals surface area contributed by atoms with Gasteiger partial charge in [-0.1, -0.05) is 32.8 Å². The van der Waals surface area contributed by atoms with Crippen LogP contribution in [0.25, 0.3) is 0 Å². The molecule has 0 aliphatic rings. The Hall–Kier alpha value is -0.890. The number of rotatable bonds is 5. The molecule has 16 heavy (non-hydrogen) atoms. The van der Waals surface area contributed by atoms with E-state index in [1.165, 1.54) is 12.1 Å². The van der Waals surface area contributed by atoms with Gasteiger partial charge in [-0.25, -0.2) is 4.39 Å². The van der Waals surface area contributed by atoms with E-state index in [-0.39, 0.29) is 17.8 Å². The van der Waals surface area contributed by atoms with Crippen molar-refractivity contribution < 1.29 is 9.50 Å². The molecule has 0 unspecified atom stereocenters. The third-order valence-electron chi connectivity index (χ3n) is 3.27. The number of hydrogen-bond acceptors (Lipinski definition) is 1. The molecular formula is C14H21FO. The minimum Gasteiger partial charge on any atom is -0.395 e. The molecule has 1 aromatic carbocycles. The second-order valence-corrected chi connectivity index (χ2v) is 4.78. The molecule has 0 fully saturated rings. The minimum atomic E-state index is -0.242. The van der Waals surface area contributed by atoms with E-state index in [0.29, 0.717) is 0 Å². The third-order valence-corrected chi connectivity index (χ3v) is 3.27. The zero-order valence-electron chi connectivity index (χ0n) is 10.4. The fraction of sp³-hybridized carbons (Fsp3) is 0.571. The Morgan fingerprint density at radius 3 is 2.56 bits per heavy atom. The maximum atomic E-state index is 13.0. The number of hydrogen-bond donors (Lipinski definition) is 1. The summed E-state index contributed by atoms with van der Waals surface area (Å²) in [4.78, 5) is 0. The highest BCUT2D eigenvalue weighted by Crippen LogP contribution is 2.31. The van der Waals surface area contributed by atoms with Gasteiger partial charge in [-0.3, -0.25) is 0 Å². The summed E-state index contributed by atoms with van der Waals surface area (Å²) in [5.41, 5.74) is 1.74. The summed E-state index contributed by atoms with van der Waals surface area (Å²) in [5.74, 6) is -0.211. The van der Waals surface area contributed by atoms with Crippen molar-refractivity contribution in [2.45, 2.75) is 45.4 Å². The highest BCUT2D eigenvalue weighted by Gasteiger charge is 2.26. The van der Waals surface area contributed by atoms with Crippen molar-refractivity contribution >= 4 is 0 Å². The molecule has 1 aromatic rings. The van der Waals surface area contributed by atoms with Gasteiger partial charge in [-0.15, -0.1) is 0 Å². The van der Waals surface area contributed by atoms with Gasteiger partial charge >= 0.3 is 0 Å². The minimum absolute atomic E-state index is 0.111. The maximum absolute atomic E-state index is 13.0. The molecular weight excluding hydrogens is 203 g/mol. The lowest BCUT2D eigenvalue weighted by Gasteiger charge is -2.29. The van der Waals surface area contributed by atoms with Crippen LogP contribution in [0.4, 0.5) is 4.39 Å². The van der Waals surface area contributed by atoms with Crippen LogP contribution in [0, 0.1) is 12.7 Å². The van der Waals surface area contributed by atoms with Crippen molar-refractivity contribution in [1.82, 2.24) is 0 Å². The summed E-state index contributed by atoms with van der Waals surface area (Å²) in [7, 11) is 0. The molecule has 0 saturated carbocycles. The number of aliphatic hydroxyl groups excluding tert-OH is 1. The molecule has 0 spiro atoms. The molecule has 0 heterocycles. The lowest BCUT2D eigenvalue weighted by atomic mass is 9.77. The van der Waals surface area contributed by atoms with Crippen LogP contribution in [0.15, 0.2) is 18.2 Å². The number of benzene rings is 1. The summed E-state index contributed by atoms with van der Waals surface area (Å²) < 4.78 is 13.0. The van der Waals surface area contributed by atoms with Gasteiger partial charge in [0.15, 0.2) is 0 Å². The van der Waals surface area contributed by atoms with Gasteiger partial charge in [0.1, 0.15) is 5.82 Å². The SMILES string of the molecule is CCCC[C@@](C)(CO)c1ccc(F)cc1C. The molecule has 0 radical (unpaired) electrons. The monoisotopic (exact) mass is 224 g/mol. The molecule has 2 heteroatoms. The number of halogens is 1. The van der Waals surface area contributed by atoms with Crippen molar-refractivity contribution in [2.75, 3.05) is 6.61 Å². The molecule has 90 valence electrons. The second kappa shape index (κ2) is 5.44. The van der Waals surface area contributed by atoms with Crippen molar-refractivity contribution in [2.24, 2.45) is 0 Å². The average molecular weight is 224 g/mol.